The molecule has 0 saturated carbocycles. The van der Waals surface area contributed by atoms with Crippen molar-refractivity contribution in [1.82, 2.24) is 5.32 Å². The van der Waals surface area contributed by atoms with E-state index in [1.807, 2.05) is 0 Å². The van der Waals surface area contributed by atoms with Crippen molar-refractivity contribution < 1.29 is 4.74 Å². The number of hydrogen-bond donors (Lipinski definition) is 2. The maximum Gasteiger partial charge on any atom is 0.188 e. The summed E-state index contributed by atoms with van der Waals surface area (Å²) in [5.41, 5.74) is 5.66. The van der Waals surface area contributed by atoms with Crippen LogP contribution in [0.1, 0.15) is 32.6 Å². The lowest BCUT2D eigenvalue weighted by molar-refractivity contribution is 0.0224. The summed E-state index contributed by atoms with van der Waals surface area (Å²) in [4.78, 5) is 4.24. The molecule has 0 aromatic carbocycles. The monoisotopic (exact) mass is 199 g/mol. The fraction of sp³-hybridized carbons (Fsp3) is 0.900. The van der Waals surface area contributed by atoms with Gasteiger partial charge in [-0.2, -0.15) is 0 Å². The summed E-state index contributed by atoms with van der Waals surface area (Å²) in [5, 5.41) is 3.04. The molecule has 4 heteroatoms. The Bertz CT molecular complexity index is 176. The molecule has 0 aromatic heterocycles. The molecule has 1 aliphatic rings. The molecule has 3 N–H and O–H groups in total. The van der Waals surface area contributed by atoms with E-state index in [9.17, 15) is 0 Å². The number of aliphatic imine (C=N–C) groups is 1. The Morgan fingerprint density at radius 2 is 2.43 bits per heavy atom. The Morgan fingerprint density at radius 1 is 1.57 bits per heavy atom. The number of nitrogens with zero attached hydrogens (tertiary/aromatic N) is 1. The second kappa shape index (κ2) is 6.65. The molecule has 1 rings (SSSR count). The third kappa shape index (κ3) is 4.46. The van der Waals surface area contributed by atoms with Crippen LogP contribution in [0.5, 0.6) is 0 Å². The van der Waals surface area contributed by atoms with Crippen molar-refractivity contribution in [2.45, 2.75) is 38.7 Å². The SMILES string of the molecule is CCCNC(N)=NCC1CCCCO1. The first kappa shape index (κ1) is 11.3. The van der Waals surface area contributed by atoms with E-state index in [1.54, 1.807) is 0 Å². The van der Waals surface area contributed by atoms with Crippen LogP contribution in [0.15, 0.2) is 4.99 Å². The van der Waals surface area contributed by atoms with Gasteiger partial charge in [0.05, 0.1) is 12.6 Å². The average Bonchev–Trinajstić information content (AvgIpc) is 2.25. The van der Waals surface area contributed by atoms with Gasteiger partial charge in [0.1, 0.15) is 0 Å². The smallest absolute Gasteiger partial charge is 0.188 e. The van der Waals surface area contributed by atoms with Crippen LogP contribution in [0.2, 0.25) is 0 Å². The van der Waals surface area contributed by atoms with Gasteiger partial charge in [-0.25, -0.2) is 0 Å². The summed E-state index contributed by atoms with van der Waals surface area (Å²) in [6.45, 7) is 4.57. The van der Waals surface area contributed by atoms with Crippen molar-refractivity contribution in [2.24, 2.45) is 10.7 Å². The fourth-order valence-electron chi connectivity index (χ4n) is 1.46. The molecule has 1 heterocycles. The third-order valence-corrected chi connectivity index (χ3v) is 2.30. The lowest BCUT2D eigenvalue weighted by Gasteiger charge is -2.20. The molecule has 1 atom stereocenters. The van der Waals surface area contributed by atoms with Gasteiger partial charge in [0.25, 0.3) is 0 Å². The van der Waals surface area contributed by atoms with Gasteiger partial charge in [-0.3, -0.25) is 4.99 Å². The zero-order valence-electron chi connectivity index (χ0n) is 8.96. The summed E-state index contributed by atoms with van der Waals surface area (Å²) < 4.78 is 5.54. The minimum Gasteiger partial charge on any atom is -0.376 e. The Hall–Kier alpha value is -0.770. The highest BCUT2D eigenvalue weighted by Gasteiger charge is 2.12. The van der Waals surface area contributed by atoms with E-state index in [-0.39, 0.29) is 6.10 Å². The number of nitrogens with two attached hydrogens (primary N) is 1. The molecular formula is C10H21N3O. The Labute approximate surface area is 85.9 Å². The first-order valence-electron chi connectivity index (χ1n) is 5.48. The molecule has 0 amide bonds. The Morgan fingerprint density at radius 3 is 3.07 bits per heavy atom. The molecule has 82 valence electrons. The van der Waals surface area contributed by atoms with Crippen molar-refractivity contribution >= 4 is 5.96 Å². The summed E-state index contributed by atoms with van der Waals surface area (Å²) in [6, 6.07) is 0. The van der Waals surface area contributed by atoms with E-state index < -0.39 is 0 Å². The molecular weight excluding hydrogens is 178 g/mol. The second-order valence-corrected chi connectivity index (χ2v) is 3.64. The lowest BCUT2D eigenvalue weighted by Crippen LogP contribution is -2.33. The van der Waals surface area contributed by atoms with Crippen molar-refractivity contribution in [2.75, 3.05) is 19.7 Å². The molecule has 1 unspecified atom stereocenters. The lowest BCUT2D eigenvalue weighted by atomic mass is 10.1. The summed E-state index contributed by atoms with van der Waals surface area (Å²) >= 11 is 0. The highest BCUT2D eigenvalue weighted by Crippen LogP contribution is 2.12. The van der Waals surface area contributed by atoms with Gasteiger partial charge in [-0.15, -0.1) is 0 Å². The van der Waals surface area contributed by atoms with Gasteiger partial charge in [-0.1, -0.05) is 6.92 Å². The first-order chi connectivity index (χ1) is 6.83. The zero-order valence-corrected chi connectivity index (χ0v) is 8.96. The largest absolute Gasteiger partial charge is 0.376 e. The maximum absolute atomic E-state index is 5.66. The normalized spacial score (nSPS) is 23.5. The van der Waals surface area contributed by atoms with E-state index in [2.05, 4.69) is 17.2 Å². The molecule has 0 spiro atoms. The summed E-state index contributed by atoms with van der Waals surface area (Å²) in [7, 11) is 0. The van der Waals surface area contributed by atoms with Crippen LogP contribution in [0.25, 0.3) is 0 Å². The zero-order chi connectivity index (χ0) is 10.2. The molecule has 1 saturated heterocycles. The summed E-state index contributed by atoms with van der Waals surface area (Å²) in [5.74, 6) is 0.543. The second-order valence-electron chi connectivity index (χ2n) is 3.64. The summed E-state index contributed by atoms with van der Waals surface area (Å²) in [6.07, 6.45) is 4.90. The molecule has 1 fully saturated rings. The maximum atomic E-state index is 5.66. The van der Waals surface area contributed by atoms with E-state index >= 15 is 0 Å². The van der Waals surface area contributed by atoms with Crippen LogP contribution in [-0.2, 0) is 4.74 Å². The van der Waals surface area contributed by atoms with Crippen molar-refractivity contribution in [3.63, 3.8) is 0 Å². The topological polar surface area (TPSA) is 59.6 Å². The Balaban J connectivity index is 2.15. The van der Waals surface area contributed by atoms with Crippen LogP contribution in [0.3, 0.4) is 0 Å². The van der Waals surface area contributed by atoms with E-state index in [0.717, 1.165) is 26.0 Å². The highest BCUT2D eigenvalue weighted by molar-refractivity contribution is 5.77. The van der Waals surface area contributed by atoms with E-state index in [0.29, 0.717) is 12.5 Å². The standard InChI is InChI=1S/C10H21N3O/c1-2-6-12-10(11)13-8-9-5-3-4-7-14-9/h9H,2-8H2,1H3,(H3,11,12,13). The number of ether oxygens (including phenoxy) is 1. The average molecular weight is 199 g/mol. The predicted molar refractivity (Wildman–Crippen MR) is 58.4 cm³/mol. The number of hydrogen-bond acceptors (Lipinski definition) is 2. The number of guanidine groups is 1. The highest BCUT2D eigenvalue weighted by atomic mass is 16.5. The van der Waals surface area contributed by atoms with Gasteiger partial charge in [0.2, 0.25) is 0 Å². The molecule has 0 radical (unpaired) electrons. The van der Waals surface area contributed by atoms with Gasteiger partial charge in [0, 0.05) is 13.2 Å². The van der Waals surface area contributed by atoms with Crippen molar-refractivity contribution in [3.05, 3.63) is 0 Å². The number of rotatable bonds is 4. The first-order valence-corrected chi connectivity index (χ1v) is 5.48. The number of nitrogens with one attached hydrogen (secondary N) is 1. The minimum absolute atomic E-state index is 0.283. The van der Waals surface area contributed by atoms with Crippen LogP contribution in [0, 0.1) is 0 Å². The molecule has 0 aliphatic carbocycles. The third-order valence-electron chi connectivity index (χ3n) is 2.30. The van der Waals surface area contributed by atoms with E-state index in [4.69, 9.17) is 10.5 Å². The van der Waals surface area contributed by atoms with Crippen LogP contribution in [0.4, 0.5) is 0 Å². The van der Waals surface area contributed by atoms with Gasteiger partial charge in [0.15, 0.2) is 5.96 Å². The van der Waals surface area contributed by atoms with Gasteiger partial charge >= 0.3 is 0 Å². The fourth-order valence-corrected chi connectivity index (χ4v) is 1.46. The molecule has 0 bridgehead atoms. The van der Waals surface area contributed by atoms with Gasteiger partial charge in [-0.05, 0) is 25.7 Å². The molecule has 0 aromatic rings. The molecule has 14 heavy (non-hydrogen) atoms. The molecule has 4 nitrogen and oxygen atoms in total. The van der Waals surface area contributed by atoms with Crippen molar-refractivity contribution in [3.8, 4) is 0 Å². The molecule has 1 aliphatic heterocycles. The van der Waals surface area contributed by atoms with Crippen molar-refractivity contribution in [1.29, 1.82) is 0 Å². The minimum atomic E-state index is 0.283. The van der Waals surface area contributed by atoms with Crippen LogP contribution in [-0.4, -0.2) is 31.8 Å². The van der Waals surface area contributed by atoms with E-state index in [1.165, 1.54) is 12.8 Å². The van der Waals surface area contributed by atoms with Gasteiger partial charge < -0.3 is 15.8 Å². The Kier molecular flexibility index (Phi) is 5.37. The predicted octanol–water partition coefficient (Wildman–Crippen LogP) is 0.870. The quantitative estimate of drug-likeness (QED) is 0.522. The van der Waals surface area contributed by atoms with Crippen LogP contribution >= 0.6 is 0 Å². The van der Waals surface area contributed by atoms with Crippen LogP contribution < -0.4 is 11.1 Å².